The van der Waals surface area contributed by atoms with Crippen LogP contribution in [0.3, 0.4) is 0 Å². The van der Waals surface area contributed by atoms with Crippen molar-refractivity contribution in [2.75, 3.05) is 7.11 Å². The van der Waals surface area contributed by atoms with Gasteiger partial charge in [0.1, 0.15) is 0 Å². The summed E-state index contributed by atoms with van der Waals surface area (Å²) in [5, 5.41) is 0.654. The van der Waals surface area contributed by atoms with Crippen molar-refractivity contribution in [3.05, 3.63) is 22.7 Å². The molecule has 0 amide bonds. The monoisotopic (exact) mass is 255 g/mol. The van der Waals surface area contributed by atoms with E-state index < -0.39 is 0 Å². The average molecular weight is 256 g/mol. The third-order valence-electron chi connectivity index (χ3n) is 2.93. The Hall–Kier alpha value is -0.930. The van der Waals surface area contributed by atoms with Crippen molar-refractivity contribution in [3.63, 3.8) is 0 Å². The summed E-state index contributed by atoms with van der Waals surface area (Å²) in [5.41, 5.74) is 6.79. The Balaban J connectivity index is 2.53. The lowest BCUT2D eigenvalue weighted by atomic mass is 10.0. The molecule has 0 spiro atoms. The van der Waals surface area contributed by atoms with E-state index in [1.54, 1.807) is 7.11 Å². The fourth-order valence-corrected chi connectivity index (χ4v) is 2.24. The molecule has 1 aliphatic rings. The van der Waals surface area contributed by atoms with E-state index in [9.17, 15) is 0 Å². The van der Waals surface area contributed by atoms with Gasteiger partial charge in [0.05, 0.1) is 13.2 Å². The summed E-state index contributed by atoms with van der Waals surface area (Å²) in [7, 11) is 1.62. The Morgan fingerprint density at radius 1 is 1.35 bits per heavy atom. The number of nitrogens with two attached hydrogens (primary N) is 1. The Morgan fingerprint density at radius 3 is 2.47 bits per heavy atom. The van der Waals surface area contributed by atoms with E-state index in [2.05, 4.69) is 0 Å². The molecule has 1 aliphatic carbocycles. The predicted octanol–water partition coefficient (Wildman–Crippen LogP) is 3.08. The number of halogens is 1. The lowest BCUT2D eigenvalue weighted by Gasteiger charge is -2.21. The van der Waals surface area contributed by atoms with Gasteiger partial charge in [-0.15, -0.1) is 0 Å². The lowest BCUT2D eigenvalue weighted by molar-refractivity contribution is 0.226. The molecule has 0 saturated heterocycles. The van der Waals surface area contributed by atoms with Gasteiger partial charge in [-0.3, -0.25) is 0 Å². The SMILES string of the molecule is COc1ccc(Cl)c(C2(N)CC2)c1OC(C)C. The summed E-state index contributed by atoms with van der Waals surface area (Å²) in [4.78, 5) is 0. The first-order valence-electron chi connectivity index (χ1n) is 5.80. The predicted molar refractivity (Wildman–Crippen MR) is 68.9 cm³/mol. The number of hydrogen-bond donors (Lipinski definition) is 1. The molecule has 4 heteroatoms. The van der Waals surface area contributed by atoms with E-state index in [1.165, 1.54) is 0 Å². The highest BCUT2D eigenvalue weighted by atomic mass is 35.5. The van der Waals surface area contributed by atoms with Crippen LogP contribution in [0.5, 0.6) is 11.5 Å². The van der Waals surface area contributed by atoms with Crippen molar-refractivity contribution < 1.29 is 9.47 Å². The maximum Gasteiger partial charge on any atom is 0.168 e. The van der Waals surface area contributed by atoms with Crippen LogP contribution in [0, 0.1) is 0 Å². The van der Waals surface area contributed by atoms with Crippen LogP contribution in [-0.4, -0.2) is 13.2 Å². The standard InChI is InChI=1S/C13H18ClNO2/c1-8(2)17-12-10(16-3)5-4-9(14)11(12)13(15)6-7-13/h4-5,8H,6-7,15H2,1-3H3. The van der Waals surface area contributed by atoms with Crippen molar-refractivity contribution >= 4 is 11.6 Å². The fourth-order valence-electron chi connectivity index (χ4n) is 1.90. The minimum atomic E-state index is -0.337. The minimum absolute atomic E-state index is 0.0588. The van der Waals surface area contributed by atoms with E-state index in [0.717, 1.165) is 18.4 Å². The molecular formula is C13H18ClNO2. The number of hydrogen-bond acceptors (Lipinski definition) is 3. The van der Waals surface area contributed by atoms with Gasteiger partial charge in [-0.25, -0.2) is 0 Å². The molecule has 17 heavy (non-hydrogen) atoms. The zero-order chi connectivity index (χ0) is 12.6. The Kier molecular flexibility index (Phi) is 3.23. The molecule has 2 N–H and O–H groups in total. The molecule has 0 aromatic heterocycles. The topological polar surface area (TPSA) is 44.5 Å². The molecule has 2 rings (SSSR count). The zero-order valence-corrected chi connectivity index (χ0v) is 11.2. The van der Waals surface area contributed by atoms with Crippen LogP contribution in [-0.2, 0) is 5.54 Å². The van der Waals surface area contributed by atoms with Crippen LogP contribution < -0.4 is 15.2 Å². The van der Waals surface area contributed by atoms with E-state index in [0.29, 0.717) is 16.5 Å². The maximum atomic E-state index is 6.25. The van der Waals surface area contributed by atoms with Gasteiger partial charge in [0.15, 0.2) is 11.5 Å². The molecule has 94 valence electrons. The highest BCUT2D eigenvalue weighted by Gasteiger charge is 2.44. The van der Waals surface area contributed by atoms with Crippen molar-refractivity contribution in [2.45, 2.75) is 38.3 Å². The van der Waals surface area contributed by atoms with Crippen LogP contribution in [0.15, 0.2) is 12.1 Å². The number of ether oxygens (including phenoxy) is 2. The molecule has 0 atom stereocenters. The van der Waals surface area contributed by atoms with E-state index in [-0.39, 0.29) is 11.6 Å². The van der Waals surface area contributed by atoms with Gasteiger partial charge in [0, 0.05) is 16.1 Å². The first-order chi connectivity index (χ1) is 7.98. The molecule has 0 aliphatic heterocycles. The Morgan fingerprint density at radius 2 is 2.00 bits per heavy atom. The minimum Gasteiger partial charge on any atom is -0.493 e. The molecule has 0 radical (unpaired) electrons. The van der Waals surface area contributed by atoms with E-state index in [1.807, 2.05) is 26.0 Å². The summed E-state index contributed by atoms with van der Waals surface area (Å²) in [6.07, 6.45) is 1.94. The molecule has 0 bridgehead atoms. The maximum absolute atomic E-state index is 6.25. The Labute approximate surface area is 107 Å². The van der Waals surface area contributed by atoms with Crippen LogP contribution in [0.2, 0.25) is 5.02 Å². The summed E-state index contributed by atoms with van der Waals surface area (Å²) >= 11 is 6.25. The summed E-state index contributed by atoms with van der Waals surface area (Å²) in [6, 6.07) is 3.63. The second kappa shape index (κ2) is 4.39. The lowest BCUT2D eigenvalue weighted by Crippen LogP contribution is -2.22. The smallest absolute Gasteiger partial charge is 0.168 e. The number of rotatable bonds is 4. The van der Waals surface area contributed by atoms with Gasteiger partial charge < -0.3 is 15.2 Å². The first kappa shape index (κ1) is 12.5. The molecule has 1 aromatic rings. The zero-order valence-electron chi connectivity index (χ0n) is 10.4. The van der Waals surface area contributed by atoms with Gasteiger partial charge >= 0.3 is 0 Å². The first-order valence-corrected chi connectivity index (χ1v) is 6.18. The van der Waals surface area contributed by atoms with Crippen LogP contribution in [0.25, 0.3) is 0 Å². The molecular weight excluding hydrogens is 238 g/mol. The number of methoxy groups -OCH3 is 1. The fraction of sp³-hybridized carbons (Fsp3) is 0.538. The van der Waals surface area contributed by atoms with Gasteiger partial charge in [-0.2, -0.15) is 0 Å². The summed E-state index contributed by atoms with van der Waals surface area (Å²) in [6.45, 7) is 3.94. The molecule has 3 nitrogen and oxygen atoms in total. The van der Waals surface area contributed by atoms with Gasteiger partial charge in [0.25, 0.3) is 0 Å². The largest absolute Gasteiger partial charge is 0.493 e. The van der Waals surface area contributed by atoms with E-state index >= 15 is 0 Å². The van der Waals surface area contributed by atoms with Gasteiger partial charge in [-0.1, -0.05) is 11.6 Å². The van der Waals surface area contributed by atoms with Crippen molar-refractivity contribution in [3.8, 4) is 11.5 Å². The van der Waals surface area contributed by atoms with Crippen molar-refractivity contribution in [1.82, 2.24) is 0 Å². The normalized spacial score (nSPS) is 17.1. The summed E-state index contributed by atoms with van der Waals surface area (Å²) in [5.74, 6) is 1.38. The van der Waals surface area contributed by atoms with Crippen LogP contribution >= 0.6 is 11.6 Å². The van der Waals surface area contributed by atoms with Gasteiger partial charge in [0.2, 0.25) is 0 Å². The van der Waals surface area contributed by atoms with E-state index in [4.69, 9.17) is 26.8 Å². The van der Waals surface area contributed by atoms with Crippen molar-refractivity contribution in [1.29, 1.82) is 0 Å². The second-order valence-electron chi connectivity index (χ2n) is 4.78. The molecule has 0 heterocycles. The van der Waals surface area contributed by atoms with Crippen molar-refractivity contribution in [2.24, 2.45) is 5.73 Å². The van der Waals surface area contributed by atoms with Crippen LogP contribution in [0.1, 0.15) is 32.3 Å². The Bertz CT molecular complexity index is 428. The molecule has 1 fully saturated rings. The highest BCUT2D eigenvalue weighted by Crippen LogP contribution is 2.52. The quantitative estimate of drug-likeness (QED) is 0.899. The average Bonchev–Trinajstić information content (AvgIpc) is 2.96. The third-order valence-corrected chi connectivity index (χ3v) is 3.25. The summed E-state index contributed by atoms with van der Waals surface area (Å²) < 4.78 is 11.2. The molecule has 0 unspecified atom stereocenters. The molecule has 1 aromatic carbocycles. The second-order valence-corrected chi connectivity index (χ2v) is 5.18. The third kappa shape index (κ3) is 2.35. The van der Waals surface area contributed by atoms with Gasteiger partial charge in [-0.05, 0) is 38.8 Å². The van der Waals surface area contributed by atoms with Crippen LogP contribution in [0.4, 0.5) is 0 Å². The number of benzene rings is 1. The highest BCUT2D eigenvalue weighted by molar-refractivity contribution is 6.31. The molecule has 1 saturated carbocycles.